The van der Waals surface area contributed by atoms with E-state index in [9.17, 15) is 9.90 Å². The van der Waals surface area contributed by atoms with Gasteiger partial charge in [0.05, 0.1) is 16.5 Å². The van der Waals surface area contributed by atoms with E-state index < -0.39 is 5.97 Å². The number of carbonyl (C=O) groups excluding carboxylic acids is 1. The minimum absolute atomic E-state index is 0.303. The fourth-order valence-electron chi connectivity index (χ4n) is 2.09. The third kappa shape index (κ3) is 3.84. The number of benzene rings is 1. The van der Waals surface area contributed by atoms with E-state index in [1.165, 1.54) is 17.4 Å². The highest BCUT2D eigenvalue weighted by Gasteiger charge is 2.03. The molecule has 2 rings (SSSR count). The number of thiazole rings is 1. The molecule has 1 heterocycles. The zero-order valence-electron chi connectivity index (χ0n) is 12.6. The first kappa shape index (κ1) is 16.5. The number of hydrogen-bond donors (Lipinski definition) is 2. The lowest BCUT2D eigenvalue weighted by molar-refractivity contribution is -0.135. The SMILES string of the molecule is CCOC(=O)/C=c1\[nH]c(=S)s\c1=C/c1cc(C)c(O)c(C)c1. The van der Waals surface area contributed by atoms with Gasteiger partial charge in [-0.15, -0.1) is 11.3 Å². The summed E-state index contributed by atoms with van der Waals surface area (Å²) in [5, 5.41) is 10.5. The average molecular weight is 335 g/mol. The fraction of sp³-hybridized carbons (Fsp3) is 0.250. The molecule has 0 spiro atoms. The molecule has 0 amide bonds. The predicted molar refractivity (Wildman–Crippen MR) is 91.0 cm³/mol. The Morgan fingerprint density at radius 3 is 2.64 bits per heavy atom. The molecule has 1 aromatic carbocycles. The number of H-pyrrole nitrogens is 1. The third-order valence-corrected chi connectivity index (χ3v) is 4.26. The summed E-state index contributed by atoms with van der Waals surface area (Å²) in [6.45, 7) is 5.79. The molecule has 0 aliphatic heterocycles. The third-order valence-electron chi connectivity index (χ3n) is 3.06. The number of phenols is 1. The molecular weight excluding hydrogens is 318 g/mol. The van der Waals surface area contributed by atoms with Crippen molar-refractivity contribution in [2.75, 3.05) is 6.61 Å². The van der Waals surface area contributed by atoms with Crippen molar-refractivity contribution in [3.05, 3.63) is 42.7 Å². The van der Waals surface area contributed by atoms with Gasteiger partial charge in [-0.05, 0) is 67.9 Å². The maximum absolute atomic E-state index is 11.6. The molecular formula is C16H17NO3S2. The maximum atomic E-state index is 11.6. The van der Waals surface area contributed by atoms with E-state index in [-0.39, 0.29) is 0 Å². The Kier molecular flexibility index (Phi) is 5.15. The molecule has 0 saturated carbocycles. The van der Waals surface area contributed by atoms with Crippen LogP contribution in [0.3, 0.4) is 0 Å². The van der Waals surface area contributed by atoms with Crippen LogP contribution in [0.15, 0.2) is 12.1 Å². The summed E-state index contributed by atoms with van der Waals surface area (Å²) in [7, 11) is 0. The maximum Gasteiger partial charge on any atom is 0.332 e. The quantitative estimate of drug-likeness (QED) is 0.667. The zero-order valence-corrected chi connectivity index (χ0v) is 14.2. The van der Waals surface area contributed by atoms with E-state index in [0.29, 0.717) is 21.7 Å². The second-order valence-corrected chi connectivity index (χ2v) is 6.56. The van der Waals surface area contributed by atoms with Gasteiger partial charge in [-0.25, -0.2) is 4.79 Å². The van der Waals surface area contributed by atoms with Crippen molar-refractivity contribution in [3.63, 3.8) is 0 Å². The Bertz CT molecular complexity index is 855. The van der Waals surface area contributed by atoms with Gasteiger partial charge < -0.3 is 14.8 Å². The second-order valence-electron chi connectivity index (χ2n) is 4.84. The predicted octanol–water partition coefficient (Wildman–Crippen LogP) is 2.30. The van der Waals surface area contributed by atoms with Crippen LogP contribution >= 0.6 is 23.6 Å². The highest BCUT2D eigenvalue weighted by molar-refractivity contribution is 7.73. The number of aryl methyl sites for hydroxylation is 2. The Labute approximate surface area is 137 Å². The molecule has 0 radical (unpaired) electrons. The molecule has 0 saturated heterocycles. The largest absolute Gasteiger partial charge is 0.507 e. The molecule has 6 heteroatoms. The Morgan fingerprint density at radius 2 is 2.05 bits per heavy atom. The summed E-state index contributed by atoms with van der Waals surface area (Å²) in [5.74, 6) is -0.101. The van der Waals surface area contributed by atoms with Crippen molar-refractivity contribution in [3.8, 4) is 5.75 Å². The van der Waals surface area contributed by atoms with Gasteiger partial charge in [0.1, 0.15) is 5.75 Å². The highest BCUT2D eigenvalue weighted by Crippen LogP contribution is 2.23. The van der Waals surface area contributed by atoms with E-state index in [1.807, 2.05) is 32.1 Å². The van der Waals surface area contributed by atoms with E-state index in [4.69, 9.17) is 17.0 Å². The van der Waals surface area contributed by atoms with E-state index >= 15 is 0 Å². The van der Waals surface area contributed by atoms with Gasteiger partial charge in [-0.2, -0.15) is 0 Å². The molecule has 4 nitrogen and oxygen atoms in total. The van der Waals surface area contributed by atoms with Crippen LogP contribution in [0, 0.1) is 17.8 Å². The molecule has 0 bridgehead atoms. The molecule has 0 aliphatic rings. The first-order chi connectivity index (χ1) is 10.4. The summed E-state index contributed by atoms with van der Waals surface area (Å²) in [6.07, 6.45) is 3.34. The smallest absolute Gasteiger partial charge is 0.332 e. The average Bonchev–Trinajstić information content (AvgIpc) is 2.76. The van der Waals surface area contributed by atoms with Crippen molar-refractivity contribution in [1.29, 1.82) is 0 Å². The summed E-state index contributed by atoms with van der Waals surface area (Å²) in [4.78, 5) is 14.6. The van der Waals surface area contributed by atoms with E-state index in [1.54, 1.807) is 6.92 Å². The van der Waals surface area contributed by atoms with Crippen molar-refractivity contribution in [1.82, 2.24) is 4.98 Å². The van der Waals surface area contributed by atoms with Crippen LogP contribution in [-0.4, -0.2) is 22.7 Å². The number of nitrogens with one attached hydrogen (secondary N) is 1. The van der Waals surface area contributed by atoms with Crippen LogP contribution in [0.4, 0.5) is 0 Å². The molecule has 2 aromatic rings. The van der Waals surface area contributed by atoms with Crippen LogP contribution in [0.1, 0.15) is 23.6 Å². The fourth-order valence-corrected chi connectivity index (χ4v) is 3.25. The van der Waals surface area contributed by atoms with Crippen LogP contribution in [0.25, 0.3) is 12.2 Å². The number of rotatable bonds is 3. The van der Waals surface area contributed by atoms with E-state index in [0.717, 1.165) is 21.2 Å². The minimum Gasteiger partial charge on any atom is -0.507 e. The highest BCUT2D eigenvalue weighted by atomic mass is 32.1. The molecule has 1 aromatic heterocycles. The molecule has 22 heavy (non-hydrogen) atoms. The first-order valence-electron chi connectivity index (χ1n) is 6.80. The first-order valence-corrected chi connectivity index (χ1v) is 8.02. The second kappa shape index (κ2) is 6.89. The van der Waals surface area contributed by atoms with Gasteiger partial charge in [0.2, 0.25) is 0 Å². The number of hydrogen-bond acceptors (Lipinski definition) is 5. The van der Waals surface area contributed by atoms with Crippen molar-refractivity contribution in [2.45, 2.75) is 20.8 Å². The number of aromatic hydroxyl groups is 1. The zero-order chi connectivity index (χ0) is 16.3. The van der Waals surface area contributed by atoms with Gasteiger partial charge in [-0.1, -0.05) is 0 Å². The number of phenolic OH excluding ortho intramolecular Hbond substituents is 1. The topological polar surface area (TPSA) is 62.3 Å². The lowest BCUT2D eigenvalue weighted by Crippen LogP contribution is -2.23. The molecule has 0 atom stereocenters. The molecule has 0 unspecified atom stereocenters. The Balaban J connectivity index is 2.58. The summed E-state index contributed by atoms with van der Waals surface area (Å²) < 4.78 is 6.36. The lowest BCUT2D eigenvalue weighted by atomic mass is 10.1. The summed E-state index contributed by atoms with van der Waals surface area (Å²) >= 11 is 6.54. The molecule has 116 valence electrons. The van der Waals surface area contributed by atoms with Gasteiger partial charge >= 0.3 is 5.97 Å². The lowest BCUT2D eigenvalue weighted by Gasteiger charge is -2.04. The molecule has 0 fully saturated rings. The summed E-state index contributed by atoms with van der Waals surface area (Å²) in [6, 6.07) is 3.78. The number of aromatic amines is 1. The monoisotopic (exact) mass is 335 g/mol. The van der Waals surface area contributed by atoms with Crippen LogP contribution in [0.2, 0.25) is 0 Å². The van der Waals surface area contributed by atoms with Gasteiger partial charge in [0.25, 0.3) is 0 Å². The Morgan fingerprint density at radius 1 is 1.41 bits per heavy atom. The van der Waals surface area contributed by atoms with Gasteiger partial charge in [-0.3, -0.25) is 0 Å². The normalized spacial score (nSPS) is 12.7. The summed E-state index contributed by atoms with van der Waals surface area (Å²) in [5.41, 5.74) is 2.55. The minimum atomic E-state index is -0.403. The molecule has 0 aliphatic carbocycles. The molecule has 2 N–H and O–H groups in total. The number of esters is 1. The standard InChI is InChI=1S/C16H17NO3S2/c1-4-20-14(18)8-12-13(22-16(21)17-12)7-11-5-9(2)15(19)10(3)6-11/h5-8,19H,4H2,1-3H3,(H,17,21)/b12-8-,13-7-. The van der Waals surface area contributed by atoms with Crippen molar-refractivity contribution >= 4 is 41.7 Å². The number of carbonyl (C=O) groups is 1. The van der Waals surface area contributed by atoms with Crippen LogP contribution < -0.4 is 9.88 Å². The van der Waals surface area contributed by atoms with Gasteiger partial charge in [0.15, 0.2) is 3.95 Å². The number of aromatic nitrogens is 1. The van der Waals surface area contributed by atoms with Crippen molar-refractivity contribution in [2.24, 2.45) is 0 Å². The van der Waals surface area contributed by atoms with Gasteiger partial charge in [0, 0.05) is 6.08 Å². The van der Waals surface area contributed by atoms with Crippen molar-refractivity contribution < 1.29 is 14.6 Å². The van der Waals surface area contributed by atoms with Crippen LogP contribution in [-0.2, 0) is 9.53 Å². The van der Waals surface area contributed by atoms with E-state index in [2.05, 4.69) is 4.98 Å². The number of ether oxygens (including phenoxy) is 1. The Hall–Kier alpha value is -1.92. The van der Waals surface area contributed by atoms with Crippen LogP contribution in [0.5, 0.6) is 5.75 Å².